The molecule has 4 nitrogen and oxygen atoms in total. The Kier molecular flexibility index (Phi) is 4.86. The van der Waals surface area contributed by atoms with Crippen LogP contribution in [0.3, 0.4) is 0 Å². The first kappa shape index (κ1) is 9.92. The average molecular weight is 181 g/mol. The van der Waals surface area contributed by atoms with Crippen molar-refractivity contribution in [1.82, 2.24) is 10.2 Å². The van der Waals surface area contributed by atoms with Crippen LogP contribution < -0.4 is 5.32 Å². The predicted molar refractivity (Wildman–Crippen MR) is 51.6 cm³/mol. The summed E-state index contributed by atoms with van der Waals surface area (Å²) >= 11 is 0. The second-order valence-electron chi connectivity index (χ2n) is 2.59. The largest absolute Gasteiger partial charge is 0.382 e. The molecular weight excluding hydrogens is 166 g/mol. The second kappa shape index (κ2) is 6.37. The summed E-state index contributed by atoms with van der Waals surface area (Å²) in [7, 11) is 0. The maximum absolute atomic E-state index is 5.20. The molecule has 4 heteroatoms. The molecule has 1 aromatic rings. The SMILES string of the molecule is CCOCCCNc1cccnn1. The molecule has 0 saturated carbocycles. The van der Waals surface area contributed by atoms with Crippen molar-refractivity contribution >= 4 is 5.82 Å². The van der Waals surface area contributed by atoms with Gasteiger partial charge in [0.05, 0.1) is 0 Å². The summed E-state index contributed by atoms with van der Waals surface area (Å²) < 4.78 is 5.20. The van der Waals surface area contributed by atoms with E-state index < -0.39 is 0 Å². The van der Waals surface area contributed by atoms with Gasteiger partial charge in [0.2, 0.25) is 0 Å². The van der Waals surface area contributed by atoms with Gasteiger partial charge in [-0.2, -0.15) is 5.10 Å². The van der Waals surface area contributed by atoms with E-state index in [0.717, 1.165) is 32.0 Å². The molecule has 0 aliphatic rings. The van der Waals surface area contributed by atoms with E-state index in [0.29, 0.717) is 0 Å². The van der Waals surface area contributed by atoms with Crippen LogP contribution in [0.2, 0.25) is 0 Å². The average Bonchev–Trinajstić information content (AvgIpc) is 2.19. The fraction of sp³-hybridized carbons (Fsp3) is 0.556. The van der Waals surface area contributed by atoms with Crippen LogP contribution in [-0.4, -0.2) is 30.0 Å². The minimum atomic E-state index is 0.783. The van der Waals surface area contributed by atoms with Gasteiger partial charge in [-0.25, -0.2) is 0 Å². The van der Waals surface area contributed by atoms with E-state index in [1.807, 2.05) is 19.1 Å². The van der Waals surface area contributed by atoms with Gasteiger partial charge in [0.25, 0.3) is 0 Å². The standard InChI is InChI=1S/C9H15N3O/c1-2-13-8-4-6-10-9-5-3-7-11-12-9/h3,5,7H,2,4,6,8H2,1H3,(H,10,12). The topological polar surface area (TPSA) is 47.0 Å². The summed E-state index contributed by atoms with van der Waals surface area (Å²) in [6.45, 7) is 4.45. The monoisotopic (exact) mass is 181 g/mol. The molecule has 0 aliphatic heterocycles. The van der Waals surface area contributed by atoms with Crippen LogP contribution in [0.5, 0.6) is 0 Å². The lowest BCUT2D eigenvalue weighted by molar-refractivity contribution is 0.147. The third kappa shape index (κ3) is 4.42. The Morgan fingerprint density at radius 2 is 2.46 bits per heavy atom. The van der Waals surface area contributed by atoms with E-state index in [9.17, 15) is 0 Å². The van der Waals surface area contributed by atoms with Gasteiger partial charge in [-0.3, -0.25) is 0 Å². The normalized spacial score (nSPS) is 9.92. The van der Waals surface area contributed by atoms with Crippen LogP contribution in [-0.2, 0) is 4.74 Å². The van der Waals surface area contributed by atoms with Gasteiger partial charge >= 0.3 is 0 Å². The number of hydrogen-bond donors (Lipinski definition) is 1. The molecular formula is C9H15N3O. The van der Waals surface area contributed by atoms with Crippen molar-refractivity contribution < 1.29 is 4.74 Å². The zero-order valence-electron chi connectivity index (χ0n) is 7.86. The molecule has 72 valence electrons. The van der Waals surface area contributed by atoms with Gasteiger partial charge in [0.1, 0.15) is 5.82 Å². The quantitative estimate of drug-likeness (QED) is 0.672. The van der Waals surface area contributed by atoms with E-state index in [1.165, 1.54) is 0 Å². The Hall–Kier alpha value is -1.16. The second-order valence-corrected chi connectivity index (χ2v) is 2.59. The predicted octanol–water partition coefficient (Wildman–Crippen LogP) is 1.32. The third-order valence-electron chi connectivity index (χ3n) is 1.55. The highest BCUT2D eigenvalue weighted by Gasteiger charge is 1.91. The minimum Gasteiger partial charge on any atom is -0.382 e. The number of ether oxygens (including phenoxy) is 1. The number of aromatic nitrogens is 2. The van der Waals surface area contributed by atoms with Gasteiger partial charge in [0.15, 0.2) is 0 Å². The smallest absolute Gasteiger partial charge is 0.148 e. The zero-order chi connectivity index (χ0) is 9.36. The van der Waals surface area contributed by atoms with E-state index in [2.05, 4.69) is 15.5 Å². The number of rotatable bonds is 6. The van der Waals surface area contributed by atoms with Crippen molar-refractivity contribution in [2.75, 3.05) is 25.1 Å². The number of nitrogens with one attached hydrogen (secondary N) is 1. The summed E-state index contributed by atoms with van der Waals surface area (Å²) in [4.78, 5) is 0. The van der Waals surface area contributed by atoms with E-state index in [1.54, 1.807) is 6.20 Å². The Morgan fingerprint density at radius 1 is 1.54 bits per heavy atom. The summed E-state index contributed by atoms with van der Waals surface area (Å²) in [5, 5.41) is 10.8. The van der Waals surface area contributed by atoms with Crippen molar-refractivity contribution in [3.63, 3.8) is 0 Å². The van der Waals surface area contributed by atoms with Crippen LogP contribution >= 0.6 is 0 Å². The molecule has 1 aromatic heterocycles. The summed E-state index contributed by atoms with van der Waals surface area (Å²) in [6, 6.07) is 3.76. The molecule has 1 rings (SSSR count). The fourth-order valence-electron chi connectivity index (χ4n) is 0.931. The van der Waals surface area contributed by atoms with Crippen LogP contribution in [0.1, 0.15) is 13.3 Å². The van der Waals surface area contributed by atoms with Gasteiger partial charge in [0, 0.05) is 26.0 Å². The number of nitrogens with zero attached hydrogens (tertiary/aromatic N) is 2. The molecule has 1 N–H and O–H groups in total. The molecule has 1 heterocycles. The summed E-state index contributed by atoms with van der Waals surface area (Å²) in [6.07, 6.45) is 2.65. The Bertz CT molecular complexity index is 215. The molecule has 0 radical (unpaired) electrons. The first-order chi connectivity index (χ1) is 6.43. The van der Waals surface area contributed by atoms with Crippen LogP contribution in [0.4, 0.5) is 5.82 Å². The lowest BCUT2D eigenvalue weighted by Gasteiger charge is -2.03. The molecule has 0 amide bonds. The van der Waals surface area contributed by atoms with Gasteiger partial charge < -0.3 is 10.1 Å². The van der Waals surface area contributed by atoms with E-state index in [4.69, 9.17) is 4.74 Å². The van der Waals surface area contributed by atoms with Crippen molar-refractivity contribution in [1.29, 1.82) is 0 Å². The van der Waals surface area contributed by atoms with Crippen LogP contribution in [0.25, 0.3) is 0 Å². The molecule has 0 bridgehead atoms. The lowest BCUT2D eigenvalue weighted by Crippen LogP contribution is -2.06. The maximum atomic E-state index is 5.20. The van der Waals surface area contributed by atoms with Gasteiger partial charge in [-0.05, 0) is 25.5 Å². The Balaban J connectivity index is 2.07. The van der Waals surface area contributed by atoms with E-state index in [-0.39, 0.29) is 0 Å². The van der Waals surface area contributed by atoms with Gasteiger partial charge in [-0.15, -0.1) is 5.10 Å². The molecule has 0 atom stereocenters. The maximum Gasteiger partial charge on any atom is 0.148 e. The van der Waals surface area contributed by atoms with Crippen LogP contribution in [0, 0.1) is 0 Å². The highest BCUT2D eigenvalue weighted by atomic mass is 16.5. The van der Waals surface area contributed by atoms with Crippen molar-refractivity contribution in [3.8, 4) is 0 Å². The highest BCUT2D eigenvalue weighted by Crippen LogP contribution is 1.97. The summed E-state index contributed by atoms with van der Waals surface area (Å²) in [5.41, 5.74) is 0. The van der Waals surface area contributed by atoms with Crippen molar-refractivity contribution in [3.05, 3.63) is 18.3 Å². The lowest BCUT2D eigenvalue weighted by atomic mass is 10.4. The molecule has 0 aliphatic carbocycles. The Morgan fingerprint density at radius 3 is 3.15 bits per heavy atom. The van der Waals surface area contributed by atoms with Crippen LogP contribution in [0.15, 0.2) is 18.3 Å². The molecule has 0 saturated heterocycles. The molecule has 0 spiro atoms. The molecule has 0 aromatic carbocycles. The van der Waals surface area contributed by atoms with E-state index >= 15 is 0 Å². The summed E-state index contributed by atoms with van der Waals surface area (Å²) in [5.74, 6) is 0.819. The third-order valence-corrected chi connectivity index (χ3v) is 1.55. The Labute approximate surface area is 78.3 Å². The molecule has 13 heavy (non-hydrogen) atoms. The van der Waals surface area contributed by atoms with Crippen molar-refractivity contribution in [2.24, 2.45) is 0 Å². The first-order valence-electron chi connectivity index (χ1n) is 4.53. The fourth-order valence-corrected chi connectivity index (χ4v) is 0.931. The number of hydrogen-bond acceptors (Lipinski definition) is 4. The van der Waals surface area contributed by atoms with Gasteiger partial charge in [-0.1, -0.05) is 0 Å². The first-order valence-corrected chi connectivity index (χ1v) is 4.53. The minimum absolute atomic E-state index is 0.783. The van der Waals surface area contributed by atoms with Crippen molar-refractivity contribution in [2.45, 2.75) is 13.3 Å². The molecule has 0 unspecified atom stereocenters. The zero-order valence-corrected chi connectivity index (χ0v) is 7.86. The molecule has 0 fully saturated rings. The number of anilines is 1. The highest BCUT2D eigenvalue weighted by molar-refractivity contribution is 5.30.